The monoisotopic (exact) mass is 367 g/mol. The Bertz CT molecular complexity index is 866. The summed E-state index contributed by atoms with van der Waals surface area (Å²) in [5.74, 6) is -0.336. The Kier molecular flexibility index (Phi) is 4.38. The maximum Gasteiger partial charge on any atom is 0.348 e. The van der Waals surface area contributed by atoms with Crippen molar-refractivity contribution in [3.63, 3.8) is 0 Å². The summed E-state index contributed by atoms with van der Waals surface area (Å²) in [7, 11) is -2.65. The number of hydrogen-bond donors (Lipinski definition) is 0. The number of ether oxygens (including phenoxy) is 2. The molecule has 2 aromatic rings. The molecule has 0 saturated carbocycles. The summed E-state index contributed by atoms with van der Waals surface area (Å²) in [5.41, 5.74) is 0.368. The minimum Gasteiger partial charge on any atom is -0.475 e. The highest BCUT2D eigenvalue weighted by molar-refractivity contribution is 7.92. The van der Waals surface area contributed by atoms with Crippen molar-refractivity contribution < 1.29 is 22.7 Å². The largest absolute Gasteiger partial charge is 0.475 e. The third kappa shape index (κ3) is 2.92. The fourth-order valence-electron chi connectivity index (χ4n) is 2.42. The molecule has 2 aromatic carbocycles. The molecule has 0 fully saturated rings. The maximum absolute atomic E-state index is 13.0. The number of para-hydroxylation sites is 2. The van der Waals surface area contributed by atoms with Gasteiger partial charge in [-0.25, -0.2) is 13.2 Å². The van der Waals surface area contributed by atoms with E-state index in [9.17, 15) is 13.2 Å². The van der Waals surface area contributed by atoms with Crippen LogP contribution in [0.1, 0.15) is 0 Å². The summed E-state index contributed by atoms with van der Waals surface area (Å²) in [6, 6.07) is 12.5. The zero-order valence-corrected chi connectivity index (χ0v) is 14.3. The Morgan fingerprint density at radius 3 is 2.54 bits per heavy atom. The van der Waals surface area contributed by atoms with Crippen molar-refractivity contribution in [2.75, 3.05) is 18.0 Å². The van der Waals surface area contributed by atoms with E-state index in [0.717, 1.165) is 4.31 Å². The minimum absolute atomic E-state index is 0.0761. The minimum atomic E-state index is -3.88. The van der Waals surface area contributed by atoms with E-state index >= 15 is 0 Å². The first-order chi connectivity index (χ1) is 11.4. The second kappa shape index (κ2) is 6.33. The summed E-state index contributed by atoms with van der Waals surface area (Å²) >= 11 is 5.82. The maximum atomic E-state index is 13.0. The molecule has 1 aliphatic rings. The lowest BCUT2D eigenvalue weighted by molar-refractivity contribution is -0.148. The van der Waals surface area contributed by atoms with Gasteiger partial charge in [0, 0.05) is 5.02 Å². The molecule has 1 aliphatic heterocycles. The van der Waals surface area contributed by atoms with Crippen LogP contribution >= 0.6 is 11.6 Å². The van der Waals surface area contributed by atoms with Crippen LogP contribution in [0, 0.1) is 0 Å². The zero-order valence-electron chi connectivity index (χ0n) is 12.7. The molecular formula is C16H14ClNO5S. The van der Waals surface area contributed by atoms with Gasteiger partial charge < -0.3 is 9.47 Å². The van der Waals surface area contributed by atoms with E-state index in [1.807, 2.05) is 0 Å². The van der Waals surface area contributed by atoms with Crippen LogP contribution in [0.4, 0.5) is 5.69 Å². The van der Waals surface area contributed by atoms with E-state index in [0.29, 0.717) is 16.5 Å². The molecule has 8 heteroatoms. The van der Waals surface area contributed by atoms with E-state index in [1.54, 1.807) is 24.3 Å². The number of benzene rings is 2. The van der Waals surface area contributed by atoms with Gasteiger partial charge >= 0.3 is 5.97 Å². The van der Waals surface area contributed by atoms with Crippen molar-refractivity contribution in [2.45, 2.75) is 11.0 Å². The first-order valence-electron chi connectivity index (χ1n) is 7.05. The molecule has 0 bridgehead atoms. The molecule has 24 heavy (non-hydrogen) atoms. The molecule has 0 spiro atoms. The summed E-state index contributed by atoms with van der Waals surface area (Å²) < 4.78 is 37.4. The van der Waals surface area contributed by atoms with Gasteiger partial charge in [-0.15, -0.1) is 0 Å². The van der Waals surface area contributed by atoms with Crippen LogP contribution in [0.2, 0.25) is 5.02 Å². The molecule has 0 amide bonds. The molecule has 126 valence electrons. The summed E-state index contributed by atoms with van der Waals surface area (Å²) in [6.45, 7) is -0.172. The number of esters is 1. The van der Waals surface area contributed by atoms with E-state index < -0.39 is 22.1 Å². The predicted molar refractivity (Wildman–Crippen MR) is 88.9 cm³/mol. The van der Waals surface area contributed by atoms with Crippen LogP contribution < -0.4 is 9.04 Å². The Labute approximate surface area is 144 Å². The molecule has 0 unspecified atom stereocenters. The standard InChI is InChI=1S/C16H14ClNO5S/c1-22-16(19)15-10-18(13-4-2-3-5-14(13)23-15)24(20,21)12-8-6-11(17)7-9-12/h2-9,15H,10H2,1H3/t15-/m0/s1. The van der Waals surface area contributed by atoms with Crippen LogP contribution in [-0.2, 0) is 19.6 Å². The number of hydrogen-bond acceptors (Lipinski definition) is 5. The molecule has 0 aliphatic carbocycles. The Hall–Kier alpha value is -2.25. The van der Waals surface area contributed by atoms with E-state index in [-0.39, 0.29) is 11.4 Å². The molecule has 0 saturated heterocycles. The number of methoxy groups -OCH3 is 1. The second-order valence-electron chi connectivity index (χ2n) is 5.09. The molecule has 1 heterocycles. The van der Waals surface area contributed by atoms with Crippen molar-refractivity contribution in [1.29, 1.82) is 0 Å². The number of anilines is 1. The van der Waals surface area contributed by atoms with Crippen molar-refractivity contribution in [3.8, 4) is 5.75 Å². The quantitative estimate of drug-likeness (QED) is 0.779. The molecule has 0 aromatic heterocycles. The van der Waals surface area contributed by atoms with Crippen molar-refractivity contribution in [1.82, 2.24) is 0 Å². The van der Waals surface area contributed by atoms with E-state index in [4.69, 9.17) is 16.3 Å². The van der Waals surface area contributed by atoms with Gasteiger partial charge in [0.2, 0.25) is 6.10 Å². The number of carbonyl (C=O) groups is 1. The first kappa shape index (κ1) is 16.6. The van der Waals surface area contributed by atoms with Crippen LogP contribution in [0.3, 0.4) is 0 Å². The van der Waals surface area contributed by atoms with Gasteiger partial charge in [0.25, 0.3) is 10.0 Å². The van der Waals surface area contributed by atoms with Crippen molar-refractivity contribution in [2.24, 2.45) is 0 Å². The molecular weight excluding hydrogens is 354 g/mol. The molecule has 0 N–H and O–H groups in total. The fourth-order valence-corrected chi connectivity index (χ4v) is 4.02. The fraction of sp³-hybridized carbons (Fsp3) is 0.188. The van der Waals surface area contributed by atoms with E-state index in [1.165, 1.54) is 31.4 Å². The number of carbonyl (C=O) groups excluding carboxylic acids is 1. The molecule has 0 radical (unpaired) electrons. The lowest BCUT2D eigenvalue weighted by Gasteiger charge is -2.34. The lowest BCUT2D eigenvalue weighted by Crippen LogP contribution is -2.47. The summed E-state index contributed by atoms with van der Waals surface area (Å²) in [4.78, 5) is 11.9. The Balaban J connectivity index is 2.07. The first-order valence-corrected chi connectivity index (χ1v) is 8.87. The predicted octanol–water partition coefficient (Wildman–Crippen LogP) is 2.47. The number of rotatable bonds is 3. The van der Waals surface area contributed by atoms with Crippen LogP contribution in [0.5, 0.6) is 5.75 Å². The van der Waals surface area contributed by atoms with E-state index in [2.05, 4.69) is 4.74 Å². The molecule has 6 nitrogen and oxygen atoms in total. The van der Waals surface area contributed by atoms with Gasteiger partial charge in [-0.1, -0.05) is 23.7 Å². The van der Waals surface area contributed by atoms with Crippen LogP contribution in [0.15, 0.2) is 53.4 Å². The second-order valence-corrected chi connectivity index (χ2v) is 7.39. The highest BCUT2D eigenvalue weighted by atomic mass is 35.5. The van der Waals surface area contributed by atoms with Crippen LogP contribution in [0.25, 0.3) is 0 Å². The van der Waals surface area contributed by atoms with Gasteiger partial charge in [0.15, 0.2) is 0 Å². The van der Waals surface area contributed by atoms with Crippen molar-refractivity contribution in [3.05, 3.63) is 53.6 Å². The smallest absolute Gasteiger partial charge is 0.348 e. The highest BCUT2D eigenvalue weighted by Crippen LogP contribution is 2.37. The van der Waals surface area contributed by atoms with Crippen molar-refractivity contribution >= 4 is 33.3 Å². The van der Waals surface area contributed by atoms with Gasteiger partial charge in [-0.2, -0.15) is 0 Å². The third-order valence-electron chi connectivity index (χ3n) is 3.60. The highest BCUT2D eigenvalue weighted by Gasteiger charge is 2.37. The number of halogens is 1. The van der Waals surface area contributed by atoms with Crippen LogP contribution in [-0.4, -0.2) is 34.1 Å². The zero-order chi connectivity index (χ0) is 17.3. The Morgan fingerprint density at radius 2 is 1.88 bits per heavy atom. The average molecular weight is 368 g/mol. The number of sulfonamides is 1. The third-order valence-corrected chi connectivity index (χ3v) is 5.65. The molecule has 1 atom stereocenters. The normalized spacial score (nSPS) is 16.9. The molecule has 3 rings (SSSR count). The topological polar surface area (TPSA) is 72.9 Å². The Morgan fingerprint density at radius 1 is 1.21 bits per heavy atom. The van der Waals surface area contributed by atoms with Gasteiger partial charge in [-0.05, 0) is 36.4 Å². The number of fused-ring (bicyclic) bond motifs is 1. The lowest BCUT2D eigenvalue weighted by atomic mass is 10.2. The summed E-state index contributed by atoms with van der Waals surface area (Å²) in [6.07, 6.45) is -1.04. The summed E-state index contributed by atoms with van der Waals surface area (Å²) in [5, 5.41) is 0.434. The average Bonchev–Trinajstić information content (AvgIpc) is 2.60. The SMILES string of the molecule is COC(=O)[C@@H]1CN(S(=O)(=O)c2ccc(Cl)cc2)c2ccccc2O1. The van der Waals surface area contributed by atoms with Gasteiger partial charge in [-0.3, -0.25) is 4.31 Å². The number of nitrogens with zero attached hydrogens (tertiary/aromatic N) is 1. The van der Waals surface area contributed by atoms with Gasteiger partial charge in [0.1, 0.15) is 5.75 Å². The van der Waals surface area contributed by atoms with Gasteiger partial charge in [0.05, 0.1) is 24.2 Å².